The lowest BCUT2D eigenvalue weighted by Crippen LogP contribution is -2.41. The van der Waals surface area contributed by atoms with E-state index >= 15 is 4.39 Å². The van der Waals surface area contributed by atoms with Crippen LogP contribution in [0, 0.1) is 17.6 Å². The number of nitrogens with zero attached hydrogens (tertiary/aromatic N) is 3. The molecule has 0 spiro atoms. The molecule has 9 heteroatoms. The maximum atomic E-state index is 15.0. The summed E-state index contributed by atoms with van der Waals surface area (Å²) in [6, 6.07) is 10.5. The van der Waals surface area contributed by atoms with Gasteiger partial charge in [-0.25, -0.2) is 27.3 Å². The van der Waals surface area contributed by atoms with E-state index in [-0.39, 0.29) is 22.6 Å². The molecule has 2 unspecified atom stereocenters. The number of nitrogens with two attached hydrogens (primary N) is 1. The smallest absolute Gasteiger partial charge is 0.257 e. The molecule has 186 valence electrons. The average molecular weight is 501 g/mol. The number of aryl methyl sites for hydroxylation is 2. The van der Waals surface area contributed by atoms with Gasteiger partial charge in [0.15, 0.2) is 5.03 Å². The van der Waals surface area contributed by atoms with Crippen molar-refractivity contribution in [1.82, 2.24) is 14.5 Å². The first kappa shape index (κ1) is 24.1. The van der Waals surface area contributed by atoms with Crippen LogP contribution in [0.25, 0.3) is 0 Å². The van der Waals surface area contributed by atoms with E-state index in [2.05, 4.69) is 9.88 Å². The Kier molecular flexibility index (Phi) is 6.74. The summed E-state index contributed by atoms with van der Waals surface area (Å²) in [5.41, 5.74) is 3.86. The minimum absolute atomic E-state index is 0.172. The highest BCUT2D eigenvalue weighted by Gasteiger charge is 2.35. The number of hydrogen-bond acceptors (Lipinski definition) is 4. The number of rotatable bonds is 9. The summed E-state index contributed by atoms with van der Waals surface area (Å²) in [7, 11) is -3.84. The summed E-state index contributed by atoms with van der Waals surface area (Å²) < 4.78 is 53.4. The highest BCUT2D eigenvalue weighted by atomic mass is 32.2. The van der Waals surface area contributed by atoms with Gasteiger partial charge in [0.25, 0.3) is 10.0 Å². The van der Waals surface area contributed by atoms with E-state index in [0.717, 1.165) is 43.6 Å². The molecule has 0 bridgehead atoms. The molecule has 5 rings (SSSR count). The van der Waals surface area contributed by atoms with E-state index in [9.17, 15) is 12.8 Å². The van der Waals surface area contributed by atoms with Crippen molar-refractivity contribution in [3.05, 3.63) is 82.8 Å². The molecule has 2 heterocycles. The van der Waals surface area contributed by atoms with Crippen LogP contribution in [0.4, 0.5) is 8.78 Å². The number of sulfonamides is 1. The minimum Gasteiger partial charge on any atom is -0.336 e. The lowest BCUT2D eigenvalue weighted by atomic mass is 9.85. The number of imidazole rings is 1. The lowest BCUT2D eigenvalue weighted by molar-refractivity contribution is 0.145. The number of fused-ring (bicyclic) bond motifs is 1. The SMILES string of the molecule is NS(=O)(=O)c1cn(CCCc2cc3c(cc2F)CC(CN2CCC2)C3Cc2cccc(F)c2)cn1. The predicted molar refractivity (Wildman–Crippen MR) is 129 cm³/mol. The molecule has 2 aromatic carbocycles. The topological polar surface area (TPSA) is 81.2 Å². The first-order valence-corrected chi connectivity index (χ1v) is 13.6. The number of likely N-dealkylation sites (tertiary alicyclic amines) is 1. The number of benzene rings is 2. The van der Waals surface area contributed by atoms with Crippen LogP contribution in [0.1, 0.15) is 41.0 Å². The molecule has 3 aromatic rings. The molecule has 1 aliphatic heterocycles. The molecule has 2 N–H and O–H groups in total. The standard InChI is InChI=1S/C26H30F2N4O2S/c27-22-6-1-4-18(10-22)11-23-21(15-31-8-3-9-31)12-20-14-25(28)19(13-24(20)23)5-2-7-32-16-26(30-17-32)35(29,33)34/h1,4,6,10,13-14,16-17,21,23H,2-3,5,7-9,11-12,15H2,(H2,29,33,34). The van der Waals surface area contributed by atoms with Crippen LogP contribution in [0.2, 0.25) is 0 Å². The van der Waals surface area contributed by atoms with Gasteiger partial charge in [0.1, 0.15) is 11.6 Å². The van der Waals surface area contributed by atoms with E-state index in [1.807, 2.05) is 12.1 Å². The van der Waals surface area contributed by atoms with Gasteiger partial charge >= 0.3 is 0 Å². The summed E-state index contributed by atoms with van der Waals surface area (Å²) in [6.07, 6.45) is 6.77. The molecule has 1 fully saturated rings. The van der Waals surface area contributed by atoms with Crippen molar-refractivity contribution in [3.8, 4) is 0 Å². The Morgan fingerprint density at radius 1 is 1.14 bits per heavy atom. The van der Waals surface area contributed by atoms with Crippen LogP contribution in [-0.4, -0.2) is 42.5 Å². The molecule has 1 saturated heterocycles. The van der Waals surface area contributed by atoms with Crippen molar-refractivity contribution in [3.63, 3.8) is 0 Å². The Hall–Kier alpha value is -2.62. The van der Waals surface area contributed by atoms with E-state index in [1.165, 1.54) is 30.6 Å². The van der Waals surface area contributed by atoms with E-state index in [4.69, 9.17) is 5.14 Å². The van der Waals surface area contributed by atoms with Crippen molar-refractivity contribution in [2.45, 2.75) is 49.6 Å². The van der Waals surface area contributed by atoms with Crippen LogP contribution in [0.5, 0.6) is 0 Å². The molecule has 35 heavy (non-hydrogen) atoms. The van der Waals surface area contributed by atoms with Crippen molar-refractivity contribution in [2.24, 2.45) is 11.1 Å². The van der Waals surface area contributed by atoms with Crippen LogP contribution in [-0.2, 0) is 35.8 Å². The maximum Gasteiger partial charge on any atom is 0.257 e. The fourth-order valence-electron chi connectivity index (χ4n) is 5.41. The third-order valence-corrected chi connectivity index (χ3v) is 8.10. The zero-order valence-electron chi connectivity index (χ0n) is 19.5. The summed E-state index contributed by atoms with van der Waals surface area (Å²) in [4.78, 5) is 6.27. The van der Waals surface area contributed by atoms with Gasteiger partial charge in [0.05, 0.1) is 6.33 Å². The van der Waals surface area contributed by atoms with Crippen LogP contribution in [0.3, 0.4) is 0 Å². The Balaban J connectivity index is 1.33. The zero-order chi connectivity index (χ0) is 24.6. The van der Waals surface area contributed by atoms with Crippen molar-refractivity contribution < 1.29 is 17.2 Å². The molecule has 0 amide bonds. The van der Waals surface area contributed by atoms with Gasteiger partial charge in [-0.2, -0.15) is 0 Å². The van der Waals surface area contributed by atoms with Crippen LogP contribution >= 0.6 is 0 Å². The largest absolute Gasteiger partial charge is 0.336 e. The van der Waals surface area contributed by atoms with Gasteiger partial charge < -0.3 is 9.47 Å². The second-order valence-electron chi connectivity index (χ2n) is 9.80. The Bertz CT molecular complexity index is 1320. The summed E-state index contributed by atoms with van der Waals surface area (Å²) in [5.74, 6) is 0.169. The minimum atomic E-state index is -3.84. The molecule has 1 aromatic heterocycles. The first-order chi connectivity index (χ1) is 16.8. The lowest BCUT2D eigenvalue weighted by Gasteiger charge is -2.35. The van der Waals surface area contributed by atoms with Crippen LogP contribution in [0.15, 0.2) is 53.9 Å². The summed E-state index contributed by atoms with van der Waals surface area (Å²) >= 11 is 0. The summed E-state index contributed by atoms with van der Waals surface area (Å²) in [5, 5.41) is 4.94. The highest BCUT2D eigenvalue weighted by Crippen LogP contribution is 2.42. The number of aromatic nitrogens is 2. The van der Waals surface area contributed by atoms with Gasteiger partial charge in [-0.15, -0.1) is 0 Å². The average Bonchev–Trinajstić information content (AvgIpc) is 3.36. The first-order valence-electron chi connectivity index (χ1n) is 12.1. The molecule has 1 aliphatic carbocycles. The van der Waals surface area contributed by atoms with E-state index in [1.54, 1.807) is 22.8 Å². The fourth-order valence-corrected chi connectivity index (χ4v) is 5.89. The molecule has 2 atom stereocenters. The zero-order valence-corrected chi connectivity index (χ0v) is 20.4. The third kappa shape index (κ3) is 5.47. The van der Waals surface area contributed by atoms with Crippen LogP contribution < -0.4 is 5.14 Å². The predicted octanol–water partition coefficient (Wildman–Crippen LogP) is 3.65. The van der Waals surface area contributed by atoms with Crippen molar-refractivity contribution in [1.29, 1.82) is 0 Å². The number of hydrogen-bond donors (Lipinski definition) is 1. The summed E-state index contributed by atoms with van der Waals surface area (Å²) in [6.45, 7) is 3.71. The van der Waals surface area contributed by atoms with Crippen molar-refractivity contribution >= 4 is 10.0 Å². The molecule has 0 radical (unpaired) electrons. The molecule has 6 nitrogen and oxygen atoms in total. The fraction of sp³-hybridized carbons (Fsp3) is 0.423. The number of halogens is 2. The van der Waals surface area contributed by atoms with Crippen molar-refractivity contribution in [2.75, 3.05) is 19.6 Å². The van der Waals surface area contributed by atoms with E-state index < -0.39 is 10.0 Å². The number of primary sulfonamides is 1. The maximum absolute atomic E-state index is 15.0. The molecule has 2 aliphatic rings. The normalized spacial score (nSPS) is 20.1. The second-order valence-corrected chi connectivity index (χ2v) is 11.3. The van der Waals surface area contributed by atoms with Gasteiger partial charge in [0, 0.05) is 19.3 Å². The quantitative estimate of drug-likeness (QED) is 0.486. The highest BCUT2D eigenvalue weighted by molar-refractivity contribution is 7.89. The second kappa shape index (κ2) is 9.79. The molecule has 0 saturated carbocycles. The monoisotopic (exact) mass is 500 g/mol. The Morgan fingerprint density at radius 3 is 2.66 bits per heavy atom. The Morgan fingerprint density at radius 2 is 1.97 bits per heavy atom. The Labute approximate surface area is 204 Å². The third-order valence-electron chi connectivity index (χ3n) is 7.31. The van der Waals surface area contributed by atoms with Gasteiger partial charge in [-0.05, 0) is 97.5 Å². The van der Waals surface area contributed by atoms with E-state index in [0.29, 0.717) is 30.9 Å². The van der Waals surface area contributed by atoms with Gasteiger partial charge in [-0.3, -0.25) is 0 Å². The van der Waals surface area contributed by atoms with Gasteiger partial charge in [0.2, 0.25) is 0 Å². The van der Waals surface area contributed by atoms with Gasteiger partial charge in [-0.1, -0.05) is 18.2 Å². The molecular weight excluding hydrogens is 470 g/mol. The molecular formula is C26H30F2N4O2S.